The molecule has 2 saturated heterocycles. The van der Waals surface area contributed by atoms with Crippen molar-refractivity contribution in [3.05, 3.63) is 76.3 Å². The van der Waals surface area contributed by atoms with Crippen molar-refractivity contribution in [1.82, 2.24) is 19.8 Å². The van der Waals surface area contributed by atoms with Gasteiger partial charge < -0.3 is 24.3 Å². The van der Waals surface area contributed by atoms with E-state index < -0.39 is 23.6 Å². The van der Waals surface area contributed by atoms with Crippen LogP contribution in [0.2, 0.25) is 5.02 Å². The Balaban J connectivity index is 1.36. The molecule has 0 radical (unpaired) electrons. The van der Waals surface area contributed by atoms with Gasteiger partial charge in [0, 0.05) is 55.4 Å². The molecular weight excluding hydrogens is 612 g/mol. The van der Waals surface area contributed by atoms with Gasteiger partial charge in [-0.15, -0.1) is 0 Å². The normalized spacial score (nSPS) is 20.5. The number of benzene rings is 2. The largest absolute Gasteiger partial charge is 0.459 e. The number of hydrogen-bond donors (Lipinski definition) is 0. The standard InChI is InChI=1S/C34H38ClF2N7O2/c1-21(2)41-13-6-8-25(19-41)46-34-39-28-20-42(29-9-5-7-23-10-11-27(37)31(35)30(23)29)14-12-26(28)32(40-34)43-15-16-44(33(45)22(3)36)24(18-43)17-38-4/h5,7,9-11,21,24-25H,3,6,8,12-20H2,1-2H3/t24-,25?/m0/s1. The van der Waals surface area contributed by atoms with E-state index in [4.69, 9.17) is 32.9 Å². The van der Waals surface area contributed by atoms with Crippen molar-refractivity contribution in [2.24, 2.45) is 0 Å². The highest BCUT2D eigenvalue weighted by Gasteiger charge is 2.37. The minimum absolute atomic E-state index is 0.0332. The van der Waals surface area contributed by atoms with E-state index in [0.29, 0.717) is 49.8 Å². The van der Waals surface area contributed by atoms with Gasteiger partial charge in [0.25, 0.3) is 5.91 Å². The molecule has 242 valence electrons. The molecule has 3 aliphatic rings. The summed E-state index contributed by atoms with van der Waals surface area (Å²) in [6.45, 7) is 18.9. The van der Waals surface area contributed by atoms with Crippen molar-refractivity contribution in [2.75, 3.05) is 55.6 Å². The van der Waals surface area contributed by atoms with Crippen LogP contribution in [0.3, 0.4) is 0 Å². The van der Waals surface area contributed by atoms with Crippen molar-refractivity contribution in [3.8, 4) is 6.01 Å². The second kappa shape index (κ2) is 13.4. The molecule has 46 heavy (non-hydrogen) atoms. The first-order valence-corrected chi connectivity index (χ1v) is 16.2. The van der Waals surface area contributed by atoms with Gasteiger partial charge in [-0.1, -0.05) is 36.4 Å². The number of likely N-dealkylation sites (tertiary alicyclic amines) is 1. The van der Waals surface area contributed by atoms with Gasteiger partial charge in [-0.05, 0) is 57.2 Å². The molecule has 3 aromatic rings. The Bertz CT molecular complexity index is 1700. The molecule has 2 aromatic carbocycles. The molecule has 1 unspecified atom stereocenters. The van der Waals surface area contributed by atoms with Crippen molar-refractivity contribution in [2.45, 2.75) is 57.8 Å². The summed E-state index contributed by atoms with van der Waals surface area (Å²) in [7, 11) is 0. The predicted molar refractivity (Wildman–Crippen MR) is 175 cm³/mol. The Labute approximate surface area is 273 Å². The fourth-order valence-electron chi connectivity index (χ4n) is 6.88. The van der Waals surface area contributed by atoms with E-state index in [1.54, 1.807) is 6.07 Å². The van der Waals surface area contributed by atoms with Crippen molar-refractivity contribution < 1.29 is 18.3 Å². The van der Waals surface area contributed by atoms with Crippen molar-refractivity contribution >= 4 is 39.8 Å². The smallest absolute Gasteiger partial charge is 0.318 e. The Kier molecular flexibility index (Phi) is 9.29. The van der Waals surface area contributed by atoms with Crippen LogP contribution in [0.1, 0.15) is 37.9 Å². The quantitative estimate of drug-likeness (QED) is 0.242. The van der Waals surface area contributed by atoms with Crippen molar-refractivity contribution in [3.63, 3.8) is 0 Å². The number of hydrogen-bond acceptors (Lipinski definition) is 7. The number of aromatic nitrogens is 2. The van der Waals surface area contributed by atoms with Gasteiger partial charge in [-0.25, -0.2) is 15.4 Å². The minimum atomic E-state index is -1.03. The molecule has 9 nitrogen and oxygen atoms in total. The molecule has 1 amide bonds. The lowest BCUT2D eigenvalue weighted by atomic mass is 10.0. The van der Waals surface area contributed by atoms with Crippen LogP contribution in [0.5, 0.6) is 6.01 Å². The second-order valence-corrected chi connectivity index (χ2v) is 12.9. The number of fused-ring (bicyclic) bond motifs is 2. The SMILES string of the molecule is [C-]#[N+]C[C@H]1CN(c2nc(OC3CCCN(C(C)C)C3)nc3c2CCN(c2cccc4ccc(F)c(Cl)c24)C3)CCN1C(=O)C(=C)F. The molecule has 3 aliphatic heterocycles. The predicted octanol–water partition coefficient (Wildman–Crippen LogP) is 5.66. The van der Waals surface area contributed by atoms with Gasteiger partial charge in [0.15, 0.2) is 5.83 Å². The third-order valence-electron chi connectivity index (χ3n) is 9.27. The summed E-state index contributed by atoms with van der Waals surface area (Å²) in [5.41, 5.74) is 2.58. The summed E-state index contributed by atoms with van der Waals surface area (Å²) >= 11 is 6.50. The van der Waals surface area contributed by atoms with Crippen LogP contribution in [-0.4, -0.2) is 89.7 Å². The first-order valence-electron chi connectivity index (χ1n) is 15.8. The molecule has 0 spiro atoms. The lowest BCUT2D eigenvalue weighted by Crippen LogP contribution is -2.57. The summed E-state index contributed by atoms with van der Waals surface area (Å²) in [5.74, 6) is -1.57. The van der Waals surface area contributed by atoms with Gasteiger partial charge in [-0.3, -0.25) is 9.69 Å². The van der Waals surface area contributed by atoms with E-state index in [9.17, 15) is 13.6 Å². The average molecular weight is 650 g/mol. The summed E-state index contributed by atoms with van der Waals surface area (Å²) in [5, 5.41) is 1.60. The monoisotopic (exact) mass is 649 g/mol. The number of piperidine rings is 1. The van der Waals surface area contributed by atoms with Gasteiger partial charge >= 0.3 is 6.01 Å². The van der Waals surface area contributed by atoms with Crippen LogP contribution in [0.4, 0.5) is 20.3 Å². The maximum Gasteiger partial charge on any atom is 0.318 e. The Hall–Kier alpha value is -4.01. The molecule has 1 aromatic heterocycles. The molecule has 4 heterocycles. The number of ether oxygens (including phenoxy) is 1. The highest BCUT2D eigenvalue weighted by Crippen LogP contribution is 2.38. The highest BCUT2D eigenvalue weighted by molar-refractivity contribution is 6.36. The summed E-state index contributed by atoms with van der Waals surface area (Å²) < 4.78 is 34.9. The number of anilines is 2. The first kappa shape index (κ1) is 32.0. The zero-order valence-electron chi connectivity index (χ0n) is 26.2. The summed E-state index contributed by atoms with van der Waals surface area (Å²) in [6.07, 6.45) is 2.45. The van der Waals surface area contributed by atoms with Gasteiger partial charge in [0.2, 0.25) is 6.54 Å². The van der Waals surface area contributed by atoms with E-state index in [0.717, 1.165) is 48.3 Å². The molecule has 2 fully saturated rings. The lowest BCUT2D eigenvalue weighted by Gasteiger charge is -2.41. The minimum Gasteiger partial charge on any atom is -0.459 e. The Morgan fingerprint density at radius 2 is 1.98 bits per heavy atom. The number of amides is 1. The maximum absolute atomic E-state index is 14.6. The number of piperazine rings is 1. The van der Waals surface area contributed by atoms with Gasteiger partial charge in [0.05, 0.1) is 17.3 Å². The molecule has 2 atom stereocenters. The van der Waals surface area contributed by atoms with Crippen LogP contribution < -0.4 is 14.5 Å². The fraction of sp³-hybridized carbons (Fsp3) is 0.471. The van der Waals surface area contributed by atoms with Gasteiger partial charge in [-0.2, -0.15) is 9.97 Å². The molecular formula is C34H38ClF2N7O2. The zero-order chi connectivity index (χ0) is 32.5. The van der Waals surface area contributed by atoms with E-state index in [1.807, 2.05) is 18.2 Å². The second-order valence-electron chi connectivity index (χ2n) is 12.5. The van der Waals surface area contributed by atoms with Crippen LogP contribution in [0, 0.1) is 12.4 Å². The number of halogens is 3. The zero-order valence-corrected chi connectivity index (χ0v) is 26.9. The molecule has 6 rings (SSSR count). The third-order valence-corrected chi connectivity index (χ3v) is 9.64. The van der Waals surface area contributed by atoms with E-state index in [2.05, 4.69) is 40.0 Å². The number of carbonyl (C=O) groups excluding carboxylic acids is 1. The van der Waals surface area contributed by atoms with Crippen LogP contribution >= 0.6 is 11.6 Å². The van der Waals surface area contributed by atoms with E-state index in [-0.39, 0.29) is 30.2 Å². The molecule has 0 bridgehead atoms. The third kappa shape index (κ3) is 6.33. The van der Waals surface area contributed by atoms with E-state index in [1.165, 1.54) is 11.0 Å². The van der Waals surface area contributed by atoms with Gasteiger partial charge in [0.1, 0.15) is 23.8 Å². The Morgan fingerprint density at radius 1 is 1.15 bits per heavy atom. The number of nitrogens with zero attached hydrogens (tertiary/aromatic N) is 7. The fourth-order valence-corrected chi connectivity index (χ4v) is 7.14. The summed E-state index contributed by atoms with van der Waals surface area (Å²) in [6, 6.07) is 9.08. The topological polar surface area (TPSA) is 69.4 Å². The van der Waals surface area contributed by atoms with Crippen LogP contribution in [0.15, 0.2) is 42.7 Å². The van der Waals surface area contributed by atoms with E-state index >= 15 is 0 Å². The first-order chi connectivity index (χ1) is 22.1. The van der Waals surface area contributed by atoms with Crippen molar-refractivity contribution in [1.29, 1.82) is 0 Å². The maximum atomic E-state index is 14.6. The number of carbonyl (C=O) groups is 1. The average Bonchev–Trinajstić information content (AvgIpc) is 3.05. The molecule has 0 saturated carbocycles. The molecule has 0 N–H and O–H groups in total. The summed E-state index contributed by atoms with van der Waals surface area (Å²) in [4.78, 5) is 34.0. The highest BCUT2D eigenvalue weighted by atomic mass is 35.5. The molecule has 0 aliphatic carbocycles. The lowest BCUT2D eigenvalue weighted by molar-refractivity contribution is -0.131. The number of rotatable bonds is 7. The Morgan fingerprint density at radius 3 is 2.74 bits per heavy atom. The van der Waals surface area contributed by atoms with Crippen LogP contribution in [-0.2, 0) is 17.8 Å². The molecule has 12 heteroatoms. The van der Waals surface area contributed by atoms with Crippen LogP contribution in [0.25, 0.3) is 15.6 Å².